The topological polar surface area (TPSA) is 58.6 Å². The molecule has 0 radical (unpaired) electrons. The zero-order valence-corrected chi connectivity index (χ0v) is 17.3. The molecule has 5 rings (SSSR count). The number of benzene rings is 4. The SMILES string of the molecule is O=C(CCC(=O)N1CCOCC1)Nc1ccc2c(ccc3c4ccccc4ccc23)c1. The fraction of sp³-hybridized carbons (Fsp3) is 0.231. The van der Waals surface area contributed by atoms with Crippen LogP contribution in [-0.2, 0) is 14.3 Å². The van der Waals surface area contributed by atoms with E-state index in [1.807, 2.05) is 12.1 Å². The van der Waals surface area contributed by atoms with Gasteiger partial charge >= 0.3 is 0 Å². The summed E-state index contributed by atoms with van der Waals surface area (Å²) in [6.45, 7) is 2.35. The van der Waals surface area contributed by atoms with Gasteiger partial charge in [-0.1, -0.05) is 54.6 Å². The summed E-state index contributed by atoms with van der Waals surface area (Å²) in [5.74, 6) is -0.136. The lowest BCUT2D eigenvalue weighted by Gasteiger charge is -2.26. The summed E-state index contributed by atoms with van der Waals surface area (Å²) >= 11 is 0. The minimum Gasteiger partial charge on any atom is -0.378 e. The van der Waals surface area contributed by atoms with Gasteiger partial charge in [-0.2, -0.15) is 0 Å². The quantitative estimate of drug-likeness (QED) is 0.493. The van der Waals surface area contributed by atoms with Gasteiger partial charge in [0.15, 0.2) is 0 Å². The fourth-order valence-electron chi connectivity index (χ4n) is 4.32. The molecular formula is C26H24N2O3. The van der Waals surface area contributed by atoms with Crippen molar-refractivity contribution >= 4 is 49.8 Å². The van der Waals surface area contributed by atoms with Crippen LogP contribution in [0.3, 0.4) is 0 Å². The van der Waals surface area contributed by atoms with E-state index in [1.165, 1.54) is 21.5 Å². The second-order valence-corrected chi connectivity index (χ2v) is 7.92. The summed E-state index contributed by atoms with van der Waals surface area (Å²) in [5.41, 5.74) is 0.747. The zero-order chi connectivity index (χ0) is 21.2. The van der Waals surface area contributed by atoms with Crippen LogP contribution >= 0.6 is 0 Å². The maximum atomic E-state index is 12.4. The second kappa shape index (κ2) is 8.36. The number of rotatable bonds is 4. The van der Waals surface area contributed by atoms with E-state index in [2.05, 4.69) is 59.9 Å². The minimum absolute atomic E-state index is 0.00987. The number of morpholine rings is 1. The third-order valence-electron chi connectivity index (χ3n) is 5.96. The Labute approximate surface area is 180 Å². The monoisotopic (exact) mass is 412 g/mol. The van der Waals surface area contributed by atoms with E-state index in [1.54, 1.807) is 4.90 Å². The van der Waals surface area contributed by atoms with E-state index in [0.717, 1.165) is 16.5 Å². The molecule has 1 aliphatic rings. The first-order valence-electron chi connectivity index (χ1n) is 10.7. The van der Waals surface area contributed by atoms with Crippen LogP contribution in [0.25, 0.3) is 32.3 Å². The molecule has 1 saturated heterocycles. The molecule has 156 valence electrons. The first-order valence-corrected chi connectivity index (χ1v) is 10.7. The third-order valence-corrected chi connectivity index (χ3v) is 5.96. The summed E-state index contributed by atoms with van der Waals surface area (Å²) in [7, 11) is 0. The number of nitrogens with zero attached hydrogens (tertiary/aromatic N) is 1. The Morgan fingerprint density at radius 1 is 0.774 bits per heavy atom. The number of hydrogen-bond donors (Lipinski definition) is 1. The van der Waals surface area contributed by atoms with Gasteiger partial charge in [-0.3, -0.25) is 9.59 Å². The number of carbonyl (C=O) groups excluding carboxylic acids is 2. The number of carbonyl (C=O) groups is 2. The summed E-state index contributed by atoms with van der Waals surface area (Å²) in [6.07, 6.45) is 0.398. The first-order chi connectivity index (χ1) is 15.2. The summed E-state index contributed by atoms with van der Waals surface area (Å²) in [6, 6.07) is 22.9. The van der Waals surface area contributed by atoms with Gasteiger partial charge in [-0.15, -0.1) is 0 Å². The second-order valence-electron chi connectivity index (χ2n) is 7.92. The lowest BCUT2D eigenvalue weighted by Crippen LogP contribution is -2.40. The molecule has 1 heterocycles. The van der Waals surface area contributed by atoms with Crippen molar-refractivity contribution in [3.8, 4) is 0 Å². The van der Waals surface area contributed by atoms with Crippen LogP contribution in [0, 0.1) is 0 Å². The molecule has 0 bridgehead atoms. The number of nitrogens with one attached hydrogen (secondary N) is 1. The summed E-state index contributed by atoms with van der Waals surface area (Å²) < 4.78 is 5.26. The minimum atomic E-state index is -0.146. The maximum absolute atomic E-state index is 12.4. The molecule has 1 fully saturated rings. The Balaban J connectivity index is 1.32. The summed E-state index contributed by atoms with van der Waals surface area (Å²) in [4.78, 5) is 26.4. The van der Waals surface area contributed by atoms with Crippen molar-refractivity contribution in [3.63, 3.8) is 0 Å². The lowest BCUT2D eigenvalue weighted by molar-refractivity contribution is -0.136. The normalized spacial score (nSPS) is 14.3. The highest BCUT2D eigenvalue weighted by Gasteiger charge is 2.17. The highest BCUT2D eigenvalue weighted by molar-refractivity contribution is 6.17. The third kappa shape index (κ3) is 3.97. The van der Waals surface area contributed by atoms with Crippen LogP contribution < -0.4 is 5.32 Å². The van der Waals surface area contributed by atoms with E-state index >= 15 is 0 Å². The lowest BCUT2D eigenvalue weighted by atomic mass is 9.97. The molecule has 1 N–H and O–H groups in total. The van der Waals surface area contributed by atoms with Crippen LogP contribution in [0.2, 0.25) is 0 Å². The van der Waals surface area contributed by atoms with E-state index in [9.17, 15) is 9.59 Å². The standard InChI is InChI=1S/C26H24N2O3/c29-25(11-12-26(30)28-13-15-31-16-14-28)27-20-7-10-22-19(17-20)6-9-23-21-4-2-1-3-18(21)5-8-24(22)23/h1-10,17H,11-16H2,(H,27,29). The molecule has 1 aliphatic heterocycles. The molecule has 0 aliphatic carbocycles. The van der Waals surface area contributed by atoms with Crippen molar-refractivity contribution in [1.82, 2.24) is 4.90 Å². The zero-order valence-electron chi connectivity index (χ0n) is 17.3. The van der Waals surface area contributed by atoms with Crippen LogP contribution in [-0.4, -0.2) is 43.0 Å². The average Bonchev–Trinajstić information content (AvgIpc) is 2.82. The number of fused-ring (bicyclic) bond motifs is 5. The van der Waals surface area contributed by atoms with Crippen molar-refractivity contribution in [2.24, 2.45) is 0 Å². The Morgan fingerprint density at radius 2 is 1.45 bits per heavy atom. The predicted molar refractivity (Wildman–Crippen MR) is 124 cm³/mol. The highest BCUT2D eigenvalue weighted by atomic mass is 16.5. The fourth-order valence-corrected chi connectivity index (χ4v) is 4.32. The molecule has 5 nitrogen and oxygen atoms in total. The van der Waals surface area contributed by atoms with Gasteiger partial charge in [-0.25, -0.2) is 0 Å². The van der Waals surface area contributed by atoms with Gasteiger partial charge < -0.3 is 15.0 Å². The Kier molecular flexibility index (Phi) is 5.26. The molecule has 2 amide bonds. The van der Waals surface area contributed by atoms with E-state index < -0.39 is 0 Å². The van der Waals surface area contributed by atoms with Crippen LogP contribution in [0.4, 0.5) is 5.69 Å². The van der Waals surface area contributed by atoms with Crippen molar-refractivity contribution in [2.75, 3.05) is 31.6 Å². The van der Waals surface area contributed by atoms with Gasteiger partial charge in [0, 0.05) is 31.6 Å². The van der Waals surface area contributed by atoms with Gasteiger partial charge in [0.2, 0.25) is 11.8 Å². The Bertz CT molecular complexity index is 1290. The molecule has 5 heteroatoms. The van der Waals surface area contributed by atoms with Crippen LogP contribution in [0.1, 0.15) is 12.8 Å². The average molecular weight is 412 g/mol. The summed E-state index contributed by atoms with van der Waals surface area (Å²) in [5, 5.41) is 10.1. The van der Waals surface area contributed by atoms with Crippen molar-refractivity contribution in [2.45, 2.75) is 12.8 Å². The number of anilines is 1. The molecule has 0 saturated carbocycles. The predicted octanol–water partition coefficient (Wildman–Crippen LogP) is 4.72. The maximum Gasteiger partial charge on any atom is 0.224 e. The van der Waals surface area contributed by atoms with Crippen molar-refractivity contribution in [3.05, 3.63) is 66.7 Å². The van der Waals surface area contributed by atoms with E-state index in [4.69, 9.17) is 4.74 Å². The van der Waals surface area contributed by atoms with Gasteiger partial charge in [0.1, 0.15) is 0 Å². The molecule has 0 unspecified atom stereocenters. The molecular weight excluding hydrogens is 388 g/mol. The van der Waals surface area contributed by atoms with E-state index in [0.29, 0.717) is 26.3 Å². The van der Waals surface area contributed by atoms with Crippen molar-refractivity contribution < 1.29 is 14.3 Å². The van der Waals surface area contributed by atoms with E-state index in [-0.39, 0.29) is 24.7 Å². The number of ether oxygens (including phenoxy) is 1. The molecule has 0 aromatic heterocycles. The molecule has 31 heavy (non-hydrogen) atoms. The van der Waals surface area contributed by atoms with Gasteiger partial charge in [0.25, 0.3) is 0 Å². The highest BCUT2D eigenvalue weighted by Crippen LogP contribution is 2.32. The molecule has 4 aromatic rings. The first kappa shape index (κ1) is 19.5. The van der Waals surface area contributed by atoms with Gasteiger partial charge in [0.05, 0.1) is 13.2 Å². The Hall–Kier alpha value is -3.44. The van der Waals surface area contributed by atoms with Crippen LogP contribution in [0.5, 0.6) is 0 Å². The smallest absolute Gasteiger partial charge is 0.224 e. The number of hydrogen-bond acceptors (Lipinski definition) is 3. The molecule has 0 atom stereocenters. The largest absolute Gasteiger partial charge is 0.378 e. The Morgan fingerprint density at radius 3 is 2.26 bits per heavy atom. The van der Waals surface area contributed by atoms with Crippen LogP contribution in [0.15, 0.2) is 66.7 Å². The van der Waals surface area contributed by atoms with Gasteiger partial charge in [-0.05, 0) is 44.5 Å². The molecule has 0 spiro atoms. The number of amides is 2. The molecule has 4 aromatic carbocycles. The van der Waals surface area contributed by atoms with Crippen molar-refractivity contribution in [1.29, 1.82) is 0 Å².